The number of ether oxygens (including phenoxy) is 1. The van der Waals surface area contributed by atoms with Gasteiger partial charge in [0, 0.05) is 6.42 Å². The Kier molecular flexibility index (Phi) is 4.39. The zero-order valence-electron chi connectivity index (χ0n) is 12.2. The number of cyclic esters (lactones) is 1. The minimum absolute atomic E-state index is 0.113. The van der Waals surface area contributed by atoms with Crippen LogP contribution in [-0.2, 0) is 9.53 Å². The van der Waals surface area contributed by atoms with Gasteiger partial charge in [0.15, 0.2) is 0 Å². The zero-order chi connectivity index (χ0) is 14.7. The van der Waals surface area contributed by atoms with Crippen LogP contribution in [0.5, 0.6) is 0 Å². The number of aliphatic hydroxyl groups is 1. The van der Waals surface area contributed by atoms with E-state index in [0.29, 0.717) is 12.3 Å². The van der Waals surface area contributed by atoms with Crippen molar-refractivity contribution in [1.82, 2.24) is 0 Å². The Hall–Kier alpha value is -1.61. The summed E-state index contributed by atoms with van der Waals surface area (Å²) in [5.74, 6) is 0.269. The van der Waals surface area contributed by atoms with Crippen LogP contribution >= 0.6 is 0 Å². The van der Waals surface area contributed by atoms with Crippen molar-refractivity contribution in [3.63, 3.8) is 0 Å². The van der Waals surface area contributed by atoms with E-state index in [0.717, 1.165) is 11.1 Å². The van der Waals surface area contributed by atoms with Gasteiger partial charge in [-0.1, -0.05) is 49.2 Å². The molecule has 1 heterocycles. The molecule has 1 saturated heterocycles. The summed E-state index contributed by atoms with van der Waals surface area (Å²) in [5, 5.41) is 9.88. The smallest absolute Gasteiger partial charge is 0.309 e. The fourth-order valence-corrected chi connectivity index (χ4v) is 3.37. The Morgan fingerprint density at radius 2 is 1.90 bits per heavy atom. The van der Waals surface area contributed by atoms with Crippen molar-refractivity contribution in [3.05, 3.63) is 42.0 Å². The molecule has 1 aromatic carbocycles. The lowest BCUT2D eigenvalue weighted by molar-refractivity contribution is -0.155. The van der Waals surface area contributed by atoms with Gasteiger partial charge in [-0.2, -0.15) is 0 Å². The summed E-state index contributed by atoms with van der Waals surface area (Å²) >= 11 is 0. The summed E-state index contributed by atoms with van der Waals surface area (Å²) < 4.78 is 5.52. The number of hydrogen-bond donors (Lipinski definition) is 1. The minimum atomic E-state index is -0.591. The van der Waals surface area contributed by atoms with Gasteiger partial charge in [0.25, 0.3) is 0 Å². The van der Waals surface area contributed by atoms with Crippen LogP contribution in [0, 0.1) is 5.92 Å². The Bertz CT molecular complexity index is 515. The van der Waals surface area contributed by atoms with E-state index in [1.54, 1.807) is 0 Å². The Morgan fingerprint density at radius 1 is 1.19 bits per heavy atom. The average molecular weight is 286 g/mol. The lowest BCUT2D eigenvalue weighted by Gasteiger charge is -2.29. The van der Waals surface area contributed by atoms with Crippen LogP contribution in [0.25, 0.3) is 5.57 Å². The van der Waals surface area contributed by atoms with Gasteiger partial charge in [-0.15, -0.1) is 0 Å². The van der Waals surface area contributed by atoms with Crippen molar-refractivity contribution in [2.75, 3.05) is 0 Å². The number of carbonyl (C=O) groups is 1. The van der Waals surface area contributed by atoms with Crippen molar-refractivity contribution in [3.8, 4) is 0 Å². The predicted octanol–water partition coefficient (Wildman–Crippen LogP) is 3.33. The molecule has 0 spiro atoms. The van der Waals surface area contributed by atoms with Crippen LogP contribution < -0.4 is 0 Å². The first-order valence-corrected chi connectivity index (χ1v) is 7.87. The zero-order valence-corrected chi connectivity index (χ0v) is 12.2. The van der Waals surface area contributed by atoms with Crippen molar-refractivity contribution in [2.45, 2.75) is 50.7 Å². The Balaban J connectivity index is 1.90. The largest absolute Gasteiger partial charge is 0.457 e. The Labute approximate surface area is 125 Å². The second-order valence-corrected chi connectivity index (χ2v) is 6.10. The molecule has 1 aliphatic heterocycles. The molecule has 2 aliphatic rings. The highest BCUT2D eigenvalue weighted by molar-refractivity contribution is 5.76. The fourth-order valence-electron chi connectivity index (χ4n) is 3.37. The molecule has 0 aromatic heterocycles. The van der Waals surface area contributed by atoms with Crippen LogP contribution in [0.3, 0.4) is 0 Å². The van der Waals surface area contributed by atoms with E-state index in [1.165, 1.54) is 25.7 Å². The second-order valence-electron chi connectivity index (χ2n) is 6.10. The molecule has 3 heteroatoms. The molecule has 21 heavy (non-hydrogen) atoms. The highest BCUT2D eigenvalue weighted by Crippen LogP contribution is 2.33. The number of allylic oxidation sites excluding steroid dienone is 1. The lowest BCUT2D eigenvalue weighted by Crippen LogP contribution is -2.33. The van der Waals surface area contributed by atoms with Crippen LogP contribution in [0.1, 0.15) is 44.1 Å². The maximum absolute atomic E-state index is 11.6. The van der Waals surface area contributed by atoms with E-state index in [4.69, 9.17) is 4.74 Å². The summed E-state index contributed by atoms with van der Waals surface area (Å²) in [4.78, 5) is 11.6. The van der Waals surface area contributed by atoms with E-state index in [2.05, 4.69) is 18.2 Å². The van der Waals surface area contributed by atoms with E-state index >= 15 is 0 Å². The van der Waals surface area contributed by atoms with Gasteiger partial charge in [-0.25, -0.2) is 0 Å². The number of esters is 1. The molecule has 1 saturated carbocycles. The lowest BCUT2D eigenvalue weighted by atomic mass is 9.90. The molecule has 2 fully saturated rings. The first-order valence-electron chi connectivity index (χ1n) is 7.87. The molecular formula is C18H22O3. The summed E-state index contributed by atoms with van der Waals surface area (Å²) in [6.07, 6.45) is 6.95. The fraction of sp³-hybridized carbons (Fsp3) is 0.500. The number of aliphatic hydroxyl groups excluding tert-OH is 1. The van der Waals surface area contributed by atoms with Crippen molar-refractivity contribution >= 4 is 11.5 Å². The first kappa shape index (κ1) is 14.3. The summed E-state index contributed by atoms with van der Waals surface area (Å²) in [6, 6.07) is 10.1. The van der Waals surface area contributed by atoms with Crippen LogP contribution in [0.15, 0.2) is 36.4 Å². The molecule has 0 amide bonds. The van der Waals surface area contributed by atoms with Gasteiger partial charge in [-0.3, -0.25) is 4.79 Å². The molecule has 1 N–H and O–H groups in total. The van der Waals surface area contributed by atoms with Gasteiger partial charge < -0.3 is 9.84 Å². The van der Waals surface area contributed by atoms with E-state index in [-0.39, 0.29) is 18.5 Å². The van der Waals surface area contributed by atoms with Gasteiger partial charge in [-0.05, 0) is 29.9 Å². The van der Waals surface area contributed by atoms with Crippen molar-refractivity contribution < 1.29 is 14.6 Å². The van der Waals surface area contributed by atoms with Gasteiger partial charge in [0.05, 0.1) is 12.5 Å². The second kappa shape index (κ2) is 6.44. The molecule has 0 bridgehead atoms. The van der Waals surface area contributed by atoms with Crippen molar-refractivity contribution in [2.24, 2.45) is 5.92 Å². The van der Waals surface area contributed by atoms with Gasteiger partial charge >= 0.3 is 5.97 Å². The maximum atomic E-state index is 11.6. The number of hydrogen-bond acceptors (Lipinski definition) is 3. The standard InChI is InChI=1S/C18H22O3/c19-15-11-17(21-18(20)12-15)16(10-13-6-4-5-7-13)14-8-2-1-3-9-14/h1-3,8-10,13,15,17,19H,4-7,11-12H2. The third kappa shape index (κ3) is 3.53. The molecule has 1 aromatic rings. The normalized spacial score (nSPS) is 27.7. The molecule has 112 valence electrons. The van der Waals surface area contributed by atoms with Crippen LogP contribution in [0.2, 0.25) is 0 Å². The third-order valence-electron chi connectivity index (χ3n) is 4.43. The first-order chi connectivity index (χ1) is 10.2. The molecule has 3 nitrogen and oxygen atoms in total. The maximum Gasteiger partial charge on any atom is 0.309 e. The molecule has 0 radical (unpaired) electrons. The molecule has 1 aliphatic carbocycles. The summed E-state index contributed by atoms with van der Waals surface area (Å²) in [5.41, 5.74) is 2.16. The predicted molar refractivity (Wildman–Crippen MR) is 81.5 cm³/mol. The van der Waals surface area contributed by atoms with E-state index in [9.17, 15) is 9.90 Å². The Morgan fingerprint density at radius 3 is 2.57 bits per heavy atom. The van der Waals surface area contributed by atoms with E-state index in [1.807, 2.05) is 18.2 Å². The molecule has 2 unspecified atom stereocenters. The summed E-state index contributed by atoms with van der Waals surface area (Å²) in [7, 11) is 0. The quantitative estimate of drug-likeness (QED) is 0.867. The van der Waals surface area contributed by atoms with Crippen molar-refractivity contribution in [1.29, 1.82) is 0 Å². The van der Waals surface area contributed by atoms with Crippen LogP contribution in [-0.4, -0.2) is 23.3 Å². The van der Waals surface area contributed by atoms with Gasteiger partial charge in [0.2, 0.25) is 0 Å². The third-order valence-corrected chi connectivity index (χ3v) is 4.43. The molecule has 3 rings (SSSR count). The van der Waals surface area contributed by atoms with E-state index < -0.39 is 6.10 Å². The number of rotatable bonds is 3. The molecular weight excluding hydrogens is 264 g/mol. The van der Waals surface area contributed by atoms with Crippen LogP contribution in [0.4, 0.5) is 0 Å². The SMILES string of the molecule is O=C1CC(O)CC(C(=CC2CCCC2)c2ccccc2)O1. The monoisotopic (exact) mass is 286 g/mol. The average Bonchev–Trinajstić information content (AvgIpc) is 2.97. The highest BCUT2D eigenvalue weighted by atomic mass is 16.5. The number of carbonyl (C=O) groups excluding carboxylic acids is 1. The highest BCUT2D eigenvalue weighted by Gasteiger charge is 2.31. The minimum Gasteiger partial charge on any atom is -0.457 e. The number of benzene rings is 1. The topological polar surface area (TPSA) is 46.5 Å². The summed E-state index contributed by atoms with van der Waals surface area (Å²) in [6.45, 7) is 0. The molecule has 2 atom stereocenters. The van der Waals surface area contributed by atoms with Gasteiger partial charge in [0.1, 0.15) is 6.10 Å².